The van der Waals surface area contributed by atoms with Crippen LogP contribution in [0, 0.1) is 6.92 Å². The van der Waals surface area contributed by atoms with Crippen LogP contribution in [0.3, 0.4) is 0 Å². The van der Waals surface area contributed by atoms with Crippen molar-refractivity contribution in [1.29, 1.82) is 0 Å². The van der Waals surface area contributed by atoms with Gasteiger partial charge in [-0.2, -0.15) is 0 Å². The Morgan fingerprint density at radius 1 is 1.24 bits per heavy atom. The van der Waals surface area contributed by atoms with E-state index in [2.05, 4.69) is 14.9 Å². The first-order valence-corrected chi connectivity index (χ1v) is 5.40. The third-order valence-electron chi connectivity index (χ3n) is 2.45. The number of ether oxygens (including phenoxy) is 1. The monoisotopic (exact) mass is 234 g/mol. The first-order chi connectivity index (χ1) is 8.29. The van der Waals surface area contributed by atoms with Gasteiger partial charge in [-0.25, -0.2) is 4.63 Å². The molecule has 0 radical (unpaired) electrons. The highest BCUT2D eigenvalue weighted by Crippen LogP contribution is 2.14. The number of benzene rings is 1. The minimum Gasteiger partial charge on any atom is -0.487 e. The SMILES string of the molecule is Cc1nonc1COc1ccc(CCO)cc1. The molecule has 17 heavy (non-hydrogen) atoms. The highest BCUT2D eigenvalue weighted by molar-refractivity contribution is 5.27. The Hall–Kier alpha value is -1.88. The zero-order chi connectivity index (χ0) is 12.1. The molecule has 0 aliphatic rings. The number of hydrogen-bond donors (Lipinski definition) is 1. The standard InChI is InChI=1S/C12H14N2O3/c1-9-12(14-17-13-9)8-16-11-4-2-10(3-5-11)6-7-15/h2-5,15H,6-8H2,1H3. The van der Waals surface area contributed by atoms with Crippen molar-refractivity contribution in [3.63, 3.8) is 0 Å². The molecule has 2 aromatic rings. The summed E-state index contributed by atoms with van der Waals surface area (Å²) in [6.07, 6.45) is 0.659. The molecule has 2 rings (SSSR count). The van der Waals surface area contributed by atoms with Crippen molar-refractivity contribution in [3.8, 4) is 5.75 Å². The average Bonchev–Trinajstić information content (AvgIpc) is 2.75. The lowest BCUT2D eigenvalue weighted by Crippen LogP contribution is -1.98. The van der Waals surface area contributed by atoms with Gasteiger partial charge in [0.05, 0.1) is 0 Å². The zero-order valence-corrected chi connectivity index (χ0v) is 9.59. The third-order valence-corrected chi connectivity index (χ3v) is 2.45. The van der Waals surface area contributed by atoms with Crippen LogP contribution in [0.15, 0.2) is 28.9 Å². The molecular weight excluding hydrogens is 220 g/mol. The van der Waals surface area contributed by atoms with Gasteiger partial charge in [-0.1, -0.05) is 22.4 Å². The molecule has 90 valence electrons. The van der Waals surface area contributed by atoms with E-state index in [-0.39, 0.29) is 6.61 Å². The fourth-order valence-electron chi connectivity index (χ4n) is 1.41. The molecule has 0 amide bonds. The van der Waals surface area contributed by atoms with Crippen molar-refractivity contribution in [2.24, 2.45) is 0 Å². The Labute approximate surface area is 99.0 Å². The molecule has 0 saturated carbocycles. The molecule has 0 unspecified atom stereocenters. The molecule has 0 aliphatic heterocycles. The number of aliphatic hydroxyl groups excluding tert-OH is 1. The summed E-state index contributed by atoms with van der Waals surface area (Å²) in [6.45, 7) is 2.32. The van der Waals surface area contributed by atoms with E-state index in [0.29, 0.717) is 18.7 Å². The molecule has 1 aromatic heterocycles. The molecule has 5 heteroatoms. The van der Waals surface area contributed by atoms with Gasteiger partial charge in [0.15, 0.2) is 0 Å². The van der Waals surface area contributed by atoms with Crippen molar-refractivity contribution in [2.45, 2.75) is 20.0 Å². The Bertz CT molecular complexity index is 465. The smallest absolute Gasteiger partial charge is 0.145 e. The Kier molecular flexibility index (Phi) is 3.72. The molecule has 0 spiro atoms. The maximum atomic E-state index is 8.79. The van der Waals surface area contributed by atoms with Gasteiger partial charge in [0.2, 0.25) is 0 Å². The Morgan fingerprint density at radius 2 is 2.00 bits per heavy atom. The summed E-state index contributed by atoms with van der Waals surface area (Å²) in [7, 11) is 0. The van der Waals surface area contributed by atoms with E-state index in [9.17, 15) is 0 Å². The van der Waals surface area contributed by atoms with Crippen molar-refractivity contribution in [3.05, 3.63) is 41.2 Å². The van der Waals surface area contributed by atoms with Crippen LogP contribution in [-0.2, 0) is 13.0 Å². The molecule has 0 atom stereocenters. The molecule has 0 fully saturated rings. The van der Waals surface area contributed by atoms with Crippen LogP contribution in [0.4, 0.5) is 0 Å². The largest absolute Gasteiger partial charge is 0.487 e. The van der Waals surface area contributed by atoms with Gasteiger partial charge < -0.3 is 9.84 Å². The van der Waals surface area contributed by atoms with E-state index in [0.717, 1.165) is 17.0 Å². The molecule has 0 aliphatic carbocycles. The molecule has 0 bridgehead atoms. The van der Waals surface area contributed by atoms with E-state index in [4.69, 9.17) is 9.84 Å². The van der Waals surface area contributed by atoms with Crippen LogP contribution in [0.2, 0.25) is 0 Å². The zero-order valence-electron chi connectivity index (χ0n) is 9.59. The fourth-order valence-corrected chi connectivity index (χ4v) is 1.41. The molecular formula is C12H14N2O3. The number of rotatable bonds is 5. The van der Waals surface area contributed by atoms with Crippen molar-refractivity contribution in [1.82, 2.24) is 10.3 Å². The van der Waals surface area contributed by atoms with Gasteiger partial charge in [0.25, 0.3) is 0 Å². The predicted molar refractivity (Wildman–Crippen MR) is 60.6 cm³/mol. The van der Waals surface area contributed by atoms with Gasteiger partial charge in [0.1, 0.15) is 23.7 Å². The van der Waals surface area contributed by atoms with Crippen molar-refractivity contribution >= 4 is 0 Å². The lowest BCUT2D eigenvalue weighted by molar-refractivity contribution is 0.270. The lowest BCUT2D eigenvalue weighted by Gasteiger charge is -2.05. The summed E-state index contributed by atoms with van der Waals surface area (Å²) in [5.41, 5.74) is 2.52. The molecule has 5 nitrogen and oxygen atoms in total. The molecule has 1 N–H and O–H groups in total. The third kappa shape index (κ3) is 3.04. The van der Waals surface area contributed by atoms with Gasteiger partial charge in [-0.15, -0.1) is 0 Å². The number of nitrogens with zero attached hydrogens (tertiary/aromatic N) is 2. The van der Waals surface area contributed by atoms with Crippen LogP contribution in [0.1, 0.15) is 17.0 Å². The summed E-state index contributed by atoms with van der Waals surface area (Å²) < 4.78 is 10.1. The van der Waals surface area contributed by atoms with E-state index in [1.165, 1.54) is 0 Å². The highest BCUT2D eigenvalue weighted by Gasteiger charge is 2.05. The van der Waals surface area contributed by atoms with E-state index < -0.39 is 0 Å². The minimum atomic E-state index is 0.157. The topological polar surface area (TPSA) is 68.4 Å². The highest BCUT2D eigenvalue weighted by atomic mass is 16.6. The quantitative estimate of drug-likeness (QED) is 0.848. The summed E-state index contributed by atoms with van der Waals surface area (Å²) in [4.78, 5) is 0. The van der Waals surface area contributed by atoms with Gasteiger partial charge in [-0.05, 0) is 31.0 Å². The van der Waals surface area contributed by atoms with E-state index in [1.807, 2.05) is 31.2 Å². The maximum Gasteiger partial charge on any atom is 0.145 e. The van der Waals surface area contributed by atoms with Gasteiger partial charge >= 0.3 is 0 Å². The number of aromatic nitrogens is 2. The summed E-state index contributed by atoms with van der Waals surface area (Å²) in [6, 6.07) is 7.60. The fraction of sp³-hybridized carbons (Fsp3) is 0.333. The maximum absolute atomic E-state index is 8.79. The first-order valence-electron chi connectivity index (χ1n) is 5.40. The summed E-state index contributed by atoms with van der Waals surface area (Å²) in [5.74, 6) is 0.758. The summed E-state index contributed by atoms with van der Waals surface area (Å²) in [5, 5.41) is 16.2. The van der Waals surface area contributed by atoms with Crippen LogP contribution in [0.5, 0.6) is 5.75 Å². The summed E-state index contributed by atoms with van der Waals surface area (Å²) >= 11 is 0. The predicted octanol–water partition coefficient (Wildman–Crippen LogP) is 1.49. The Balaban J connectivity index is 1.93. The number of aryl methyl sites for hydroxylation is 1. The molecule has 1 heterocycles. The second kappa shape index (κ2) is 5.45. The van der Waals surface area contributed by atoms with E-state index >= 15 is 0 Å². The first kappa shape index (κ1) is 11.6. The van der Waals surface area contributed by atoms with Crippen molar-refractivity contribution < 1.29 is 14.5 Å². The van der Waals surface area contributed by atoms with Gasteiger partial charge in [-0.3, -0.25) is 0 Å². The van der Waals surface area contributed by atoms with E-state index in [1.54, 1.807) is 0 Å². The second-order valence-electron chi connectivity index (χ2n) is 3.70. The minimum absolute atomic E-state index is 0.157. The lowest BCUT2D eigenvalue weighted by atomic mass is 10.1. The van der Waals surface area contributed by atoms with Crippen LogP contribution in [-0.4, -0.2) is 22.0 Å². The normalized spacial score (nSPS) is 10.5. The second-order valence-corrected chi connectivity index (χ2v) is 3.70. The number of hydrogen-bond acceptors (Lipinski definition) is 5. The van der Waals surface area contributed by atoms with Crippen LogP contribution < -0.4 is 4.74 Å². The number of aliphatic hydroxyl groups is 1. The molecule has 1 aromatic carbocycles. The van der Waals surface area contributed by atoms with Gasteiger partial charge in [0, 0.05) is 6.61 Å². The Morgan fingerprint density at radius 3 is 2.59 bits per heavy atom. The van der Waals surface area contributed by atoms with Crippen molar-refractivity contribution in [2.75, 3.05) is 6.61 Å². The van der Waals surface area contributed by atoms with Crippen LogP contribution in [0.25, 0.3) is 0 Å². The average molecular weight is 234 g/mol. The molecule has 0 saturated heterocycles. The van der Waals surface area contributed by atoms with Crippen LogP contribution >= 0.6 is 0 Å².